The number of ether oxygens (including phenoxy) is 1. The van der Waals surface area contributed by atoms with Gasteiger partial charge in [0.25, 0.3) is 0 Å². The van der Waals surface area contributed by atoms with Crippen LogP contribution in [0.25, 0.3) is 22.4 Å². The van der Waals surface area contributed by atoms with Crippen LogP contribution in [-0.2, 0) is 14.9 Å². The summed E-state index contributed by atoms with van der Waals surface area (Å²) < 4.78 is 22.5. The second-order valence-electron chi connectivity index (χ2n) is 8.84. The fourth-order valence-electron chi connectivity index (χ4n) is 5.09. The highest BCUT2D eigenvalue weighted by atomic mass is 19.1. The third-order valence-corrected chi connectivity index (χ3v) is 6.81. The molecule has 0 radical (unpaired) electrons. The molecule has 2 heterocycles. The Morgan fingerprint density at radius 1 is 1.25 bits per heavy atom. The van der Waals surface area contributed by atoms with E-state index in [0.29, 0.717) is 22.4 Å². The van der Waals surface area contributed by atoms with Gasteiger partial charge in [0.05, 0.1) is 13.4 Å². The van der Waals surface area contributed by atoms with Gasteiger partial charge in [-0.15, -0.1) is 0 Å². The second-order valence-corrected chi connectivity index (χ2v) is 8.84. The van der Waals surface area contributed by atoms with Crippen LogP contribution >= 0.6 is 0 Å². The average Bonchev–Trinajstić information content (AvgIpc) is 3.26. The van der Waals surface area contributed by atoms with Crippen molar-refractivity contribution in [1.29, 1.82) is 0 Å². The zero-order valence-corrected chi connectivity index (χ0v) is 18.8. The Morgan fingerprint density at radius 3 is 2.66 bits per heavy atom. The summed E-state index contributed by atoms with van der Waals surface area (Å²) >= 11 is 0. The molecule has 1 atom stereocenters. The molecule has 4 rings (SSSR count). The molecule has 1 aromatic carbocycles. The number of imidazole rings is 1. The van der Waals surface area contributed by atoms with Crippen molar-refractivity contribution < 1.29 is 13.9 Å². The van der Waals surface area contributed by atoms with Gasteiger partial charge < -0.3 is 15.0 Å². The van der Waals surface area contributed by atoms with E-state index in [0.717, 1.165) is 32.1 Å². The molecule has 0 spiro atoms. The minimum absolute atomic E-state index is 0.0220. The van der Waals surface area contributed by atoms with E-state index in [1.807, 2.05) is 4.57 Å². The third kappa shape index (κ3) is 3.56. The van der Waals surface area contributed by atoms with Gasteiger partial charge in [0.1, 0.15) is 28.8 Å². The fraction of sp³-hybridized carbons (Fsp3) is 0.500. The molecule has 1 aliphatic rings. The Bertz CT molecular complexity index is 1120. The third-order valence-electron chi connectivity index (χ3n) is 6.81. The minimum atomic E-state index is -1.24. The molecule has 0 amide bonds. The normalized spacial score (nSPS) is 16.9. The van der Waals surface area contributed by atoms with E-state index >= 15 is 4.39 Å². The molecule has 1 unspecified atom stereocenters. The number of carbonyl (C=O) groups excluding carboxylic acids is 1. The summed E-state index contributed by atoms with van der Waals surface area (Å²) in [6.07, 6.45) is 7.93. The highest BCUT2D eigenvalue weighted by Crippen LogP contribution is 2.43. The number of methoxy groups -OCH3 is 1. The smallest absolute Gasteiger partial charge is 0.317 e. The van der Waals surface area contributed by atoms with Crippen molar-refractivity contribution in [1.82, 2.24) is 19.5 Å². The summed E-state index contributed by atoms with van der Waals surface area (Å²) in [4.78, 5) is 26.5. The van der Waals surface area contributed by atoms with Crippen LogP contribution < -0.4 is 5.73 Å². The highest BCUT2D eigenvalue weighted by Gasteiger charge is 2.49. The van der Waals surface area contributed by atoms with Gasteiger partial charge in [-0.05, 0) is 50.8 Å². The molecule has 170 valence electrons. The first kappa shape index (κ1) is 22.3. The molecule has 2 aromatic heterocycles. The van der Waals surface area contributed by atoms with E-state index in [4.69, 9.17) is 10.5 Å². The van der Waals surface area contributed by atoms with Crippen molar-refractivity contribution in [2.45, 2.75) is 57.4 Å². The Balaban J connectivity index is 1.90. The standard InChI is InChI=1S/C24H30FN5O2/c1-15(2)30-14-29-21-20(27-13-28-22(21)30)16-9-10-19(25)18(11-16)24(12-26,23(31)32-3)17-7-5-4-6-8-17/h9-11,13-15,17H,4-8,12,26H2,1-3H3. The largest absolute Gasteiger partial charge is 0.468 e. The van der Waals surface area contributed by atoms with Crippen LogP contribution in [0, 0.1) is 11.7 Å². The molecule has 0 bridgehead atoms. The van der Waals surface area contributed by atoms with Gasteiger partial charge in [0, 0.05) is 23.7 Å². The summed E-state index contributed by atoms with van der Waals surface area (Å²) in [5, 5.41) is 0. The maximum Gasteiger partial charge on any atom is 0.317 e. The Morgan fingerprint density at radius 2 is 2.00 bits per heavy atom. The number of rotatable bonds is 6. The Hall–Kier alpha value is -2.87. The van der Waals surface area contributed by atoms with Gasteiger partial charge in [-0.2, -0.15) is 0 Å². The van der Waals surface area contributed by atoms with Gasteiger partial charge >= 0.3 is 5.97 Å². The maximum absolute atomic E-state index is 15.3. The van der Waals surface area contributed by atoms with Crippen molar-refractivity contribution in [3.05, 3.63) is 42.2 Å². The molecule has 1 saturated carbocycles. The van der Waals surface area contributed by atoms with Gasteiger partial charge in [-0.1, -0.05) is 19.3 Å². The molecule has 2 N–H and O–H groups in total. The lowest BCUT2D eigenvalue weighted by molar-refractivity contribution is -0.150. The van der Waals surface area contributed by atoms with E-state index in [-0.39, 0.29) is 24.1 Å². The monoisotopic (exact) mass is 439 g/mol. The molecule has 1 aliphatic carbocycles. The minimum Gasteiger partial charge on any atom is -0.468 e. The molecule has 0 saturated heterocycles. The number of nitrogens with two attached hydrogens (primary N) is 1. The number of esters is 1. The van der Waals surface area contributed by atoms with E-state index in [2.05, 4.69) is 28.8 Å². The predicted molar refractivity (Wildman–Crippen MR) is 120 cm³/mol. The van der Waals surface area contributed by atoms with Crippen LogP contribution in [0.3, 0.4) is 0 Å². The predicted octanol–water partition coefficient (Wildman–Crippen LogP) is 4.16. The first-order valence-electron chi connectivity index (χ1n) is 11.2. The van der Waals surface area contributed by atoms with Gasteiger partial charge in [-0.3, -0.25) is 4.79 Å². The van der Waals surface area contributed by atoms with Crippen molar-refractivity contribution in [2.24, 2.45) is 11.7 Å². The topological polar surface area (TPSA) is 95.9 Å². The van der Waals surface area contributed by atoms with Crippen molar-refractivity contribution in [3.63, 3.8) is 0 Å². The molecule has 8 heteroatoms. The number of benzene rings is 1. The lowest BCUT2D eigenvalue weighted by atomic mass is 9.64. The molecule has 1 fully saturated rings. The molecular weight excluding hydrogens is 409 g/mol. The summed E-state index contributed by atoms with van der Waals surface area (Å²) in [7, 11) is 1.34. The van der Waals surface area contributed by atoms with E-state index in [1.165, 1.54) is 19.5 Å². The van der Waals surface area contributed by atoms with Crippen LogP contribution in [-0.4, -0.2) is 39.1 Å². The van der Waals surface area contributed by atoms with Crippen LogP contribution in [0.4, 0.5) is 4.39 Å². The molecule has 3 aromatic rings. The summed E-state index contributed by atoms with van der Waals surface area (Å²) in [6.45, 7) is 4.08. The number of halogens is 1. The molecule has 0 aliphatic heterocycles. The zero-order chi connectivity index (χ0) is 22.9. The Labute approximate surface area is 187 Å². The summed E-state index contributed by atoms with van der Waals surface area (Å²) in [5.74, 6) is -1.03. The van der Waals surface area contributed by atoms with Crippen LogP contribution in [0.15, 0.2) is 30.9 Å². The van der Waals surface area contributed by atoms with E-state index in [9.17, 15) is 4.79 Å². The molecule has 32 heavy (non-hydrogen) atoms. The van der Waals surface area contributed by atoms with Crippen LogP contribution in [0.1, 0.15) is 57.6 Å². The number of hydrogen-bond donors (Lipinski definition) is 1. The second kappa shape index (κ2) is 8.94. The first-order chi connectivity index (χ1) is 15.4. The summed E-state index contributed by atoms with van der Waals surface area (Å²) in [6, 6.07) is 4.93. The lowest BCUT2D eigenvalue weighted by Gasteiger charge is -2.40. The quantitative estimate of drug-likeness (QED) is 0.579. The SMILES string of the molecule is COC(=O)C(CN)(c1cc(-c2ncnc3c2ncn3C(C)C)ccc1F)C1CCCCC1. The fourth-order valence-corrected chi connectivity index (χ4v) is 5.09. The first-order valence-corrected chi connectivity index (χ1v) is 11.2. The van der Waals surface area contributed by atoms with E-state index < -0.39 is 17.2 Å². The molecular formula is C24H30FN5O2. The number of aromatic nitrogens is 4. The van der Waals surface area contributed by atoms with Crippen molar-refractivity contribution >= 4 is 17.1 Å². The van der Waals surface area contributed by atoms with E-state index in [1.54, 1.807) is 18.5 Å². The van der Waals surface area contributed by atoms with Gasteiger partial charge in [0.15, 0.2) is 5.65 Å². The Kier molecular flexibility index (Phi) is 6.24. The van der Waals surface area contributed by atoms with Gasteiger partial charge in [0.2, 0.25) is 0 Å². The van der Waals surface area contributed by atoms with Gasteiger partial charge in [-0.25, -0.2) is 19.3 Å². The lowest BCUT2D eigenvalue weighted by Crippen LogP contribution is -2.51. The average molecular weight is 440 g/mol. The van der Waals surface area contributed by atoms with Crippen molar-refractivity contribution in [2.75, 3.05) is 13.7 Å². The number of nitrogens with zero attached hydrogens (tertiary/aromatic N) is 4. The van der Waals surface area contributed by atoms with Crippen LogP contribution in [0.2, 0.25) is 0 Å². The maximum atomic E-state index is 15.3. The number of hydrogen-bond acceptors (Lipinski definition) is 6. The zero-order valence-electron chi connectivity index (χ0n) is 18.8. The number of fused-ring (bicyclic) bond motifs is 1. The van der Waals surface area contributed by atoms with Crippen molar-refractivity contribution in [3.8, 4) is 11.3 Å². The number of carbonyl (C=O) groups is 1. The highest BCUT2D eigenvalue weighted by molar-refractivity contribution is 5.89. The summed E-state index contributed by atoms with van der Waals surface area (Å²) in [5.41, 5.74) is 7.86. The van der Waals surface area contributed by atoms with Crippen LogP contribution in [0.5, 0.6) is 0 Å². The molecule has 7 nitrogen and oxygen atoms in total.